The summed E-state index contributed by atoms with van der Waals surface area (Å²) in [5.74, 6) is 0.869. The smallest absolute Gasteiger partial charge is 0.120 e. The number of halogens is 2. The van der Waals surface area contributed by atoms with Crippen LogP contribution in [0.3, 0.4) is 0 Å². The van der Waals surface area contributed by atoms with Crippen LogP contribution < -0.4 is 4.74 Å². The van der Waals surface area contributed by atoms with Crippen molar-refractivity contribution in [1.29, 1.82) is 0 Å². The lowest BCUT2D eigenvalue weighted by Crippen LogP contribution is -1.96. The molecular weight excluding hydrogens is 347 g/mol. The molecule has 3 heteroatoms. The molecule has 2 rings (SSSR count). The molecule has 0 aliphatic rings. The van der Waals surface area contributed by atoms with Crippen molar-refractivity contribution >= 4 is 34.2 Å². The van der Waals surface area contributed by atoms with Crippen LogP contribution in [0.5, 0.6) is 5.75 Å². The largest absolute Gasteiger partial charge is 0.489 e. The molecule has 88 valence electrons. The SMILES string of the molecule is Cc1ccc(COc2cccc(I)c2)c(Cl)c1. The second kappa shape index (κ2) is 5.74. The second-order valence-corrected chi connectivity index (χ2v) is 5.49. The summed E-state index contributed by atoms with van der Waals surface area (Å²) in [6.45, 7) is 2.52. The molecule has 0 unspecified atom stereocenters. The van der Waals surface area contributed by atoms with E-state index in [0.717, 1.165) is 25.5 Å². The Balaban J connectivity index is 2.07. The highest BCUT2D eigenvalue weighted by Crippen LogP contribution is 2.21. The van der Waals surface area contributed by atoms with Gasteiger partial charge in [0.2, 0.25) is 0 Å². The lowest BCUT2D eigenvalue weighted by Gasteiger charge is -2.08. The standard InChI is InChI=1S/C14H12ClIO/c1-10-5-6-11(14(15)7-10)9-17-13-4-2-3-12(16)8-13/h2-8H,9H2,1H3. The van der Waals surface area contributed by atoms with E-state index in [1.807, 2.05) is 49.4 Å². The van der Waals surface area contributed by atoms with Crippen LogP contribution in [-0.2, 0) is 6.61 Å². The molecule has 0 heterocycles. The maximum absolute atomic E-state index is 6.15. The van der Waals surface area contributed by atoms with Crippen LogP contribution in [0.2, 0.25) is 5.02 Å². The number of benzene rings is 2. The van der Waals surface area contributed by atoms with Gasteiger partial charge in [-0.15, -0.1) is 0 Å². The minimum Gasteiger partial charge on any atom is -0.489 e. The number of aryl methyl sites for hydroxylation is 1. The van der Waals surface area contributed by atoms with Gasteiger partial charge in [-0.25, -0.2) is 0 Å². The first-order chi connectivity index (χ1) is 8.15. The number of ether oxygens (including phenoxy) is 1. The van der Waals surface area contributed by atoms with Gasteiger partial charge in [-0.2, -0.15) is 0 Å². The monoisotopic (exact) mass is 358 g/mol. The van der Waals surface area contributed by atoms with Crippen LogP contribution in [-0.4, -0.2) is 0 Å². The van der Waals surface area contributed by atoms with Gasteiger partial charge >= 0.3 is 0 Å². The summed E-state index contributed by atoms with van der Waals surface area (Å²) in [6, 6.07) is 14.0. The Bertz CT molecular complexity index is 525. The Morgan fingerprint density at radius 2 is 2.00 bits per heavy atom. The first-order valence-corrected chi connectivity index (χ1v) is 6.74. The van der Waals surface area contributed by atoms with Gasteiger partial charge in [0.25, 0.3) is 0 Å². The molecule has 1 nitrogen and oxygen atoms in total. The molecular formula is C14H12ClIO. The Morgan fingerprint density at radius 1 is 1.18 bits per heavy atom. The van der Waals surface area contributed by atoms with Gasteiger partial charge in [0.05, 0.1) is 0 Å². The van der Waals surface area contributed by atoms with Gasteiger partial charge in [0.15, 0.2) is 0 Å². The van der Waals surface area contributed by atoms with E-state index in [4.69, 9.17) is 16.3 Å². The van der Waals surface area contributed by atoms with Gasteiger partial charge in [-0.3, -0.25) is 0 Å². The van der Waals surface area contributed by atoms with E-state index in [9.17, 15) is 0 Å². The van der Waals surface area contributed by atoms with Crippen LogP contribution in [0.15, 0.2) is 42.5 Å². The van der Waals surface area contributed by atoms with Crippen LogP contribution in [0.1, 0.15) is 11.1 Å². The maximum Gasteiger partial charge on any atom is 0.120 e. The third kappa shape index (κ3) is 3.61. The van der Waals surface area contributed by atoms with Crippen molar-refractivity contribution in [3.63, 3.8) is 0 Å². The average molecular weight is 359 g/mol. The third-order valence-electron chi connectivity index (χ3n) is 2.40. The summed E-state index contributed by atoms with van der Waals surface area (Å²) >= 11 is 8.41. The molecule has 0 atom stereocenters. The Kier molecular flexibility index (Phi) is 4.29. The van der Waals surface area contributed by atoms with Crippen LogP contribution >= 0.6 is 34.2 Å². The van der Waals surface area contributed by atoms with Gasteiger partial charge < -0.3 is 4.74 Å². The molecule has 0 fully saturated rings. The summed E-state index contributed by atoms with van der Waals surface area (Å²) in [4.78, 5) is 0. The molecule has 2 aromatic rings. The van der Waals surface area contributed by atoms with E-state index in [1.165, 1.54) is 0 Å². The molecule has 0 aromatic heterocycles. The molecule has 0 spiro atoms. The van der Waals surface area contributed by atoms with E-state index in [2.05, 4.69) is 22.6 Å². The highest BCUT2D eigenvalue weighted by atomic mass is 127. The van der Waals surface area contributed by atoms with Crippen LogP contribution in [0, 0.1) is 10.5 Å². The average Bonchev–Trinajstić information content (AvgIpc) is 2.28. The van der Waals surface area contributed by atoms with Gasteiger partial charge in [-0.05, 0) is 59.3 Å². The number of hydrogen-bond donors (Lipinski definition) is 0. The topological polar surface area (TPSA) is 9.23 Å². The van der Waals surface area contributed by atoms with Crippen molar-refractivity contribution in [2.75, 3.05) is 0 Å². The van der Waals surface area contributed by atoms with Crippen molar-refractivity contribution < 1.29 is 4.74 Å². The highest BCUT2D eigenvalue weighted by molar-refractivity contribution is 14.1. The fourth-order valence-electron chi connectivity index (χ4n) is 1.49. The Hall–Kier alpha value is -0.740. The molecule has 0 bridgehead atoms. The minimum absolute atomic E-state index is 0.499. The summed E-state index contributed by atoms with van der Waals surface area (Å²) in [5, 5.41) is 0.760. The van der Waals surface area contributed by atoms with E-state index in [-0.39, 0.29) is 0 Å². The first kappa shape index (κ1) is 12.7. The Labute approximate surface area is 120 Å². The van der Waals surface area contributed by atoms with Crippen molar-refractivity contribution in [1.82, 2.24) is 0 Å². The predicted octanol–water partition coefficient (Wildman–Crippen LogP) is 4.83. The molecule has 0 radical (unpaired) electrons. The second-order valence-electron chi connectivity index (χ2n) is 3.84. The minimum atomic E-state index is 0.499. The zero-order valence-electron chi connectivity index (χ0n) is 9.41. The Morgan fingerprint density at radius 3 is 2.71 bits per heavy atom. The molecule has 0 amide bonds. The van der Waals surface area contributed by atoms with Crippen LogP contribution in [0.25, 0.3) is 0 Å². The summed E-state index contributed by atoms with van der Waals surface area (Å²) in [5.41, 5.74) is 2.17. The lowest BCUT2D eigenvalue weighted by atomic mass is 10.2. The molecule has 0 saturated heterocycles. The van der Waals surface area contributed by atoms with E-state index >= 15 is 0 Å². The molecule has 2 aromatic carbocycles. The highest BCUT2D eigenvalue weighted by Gasteiger charge is 2.02. The van der Waals surface area contributed by atoms with Gasteiger partial charge in [0.1, 0.15) is 12.4 Å². The van der Waals surface area contributed by atoms with Crippen molar-refractivity contribution in [3.8, 4) is 5.75 Å². The number of rotatable bonds is 3. The summed E-state index contributed by atoms with van der Waals surface area (Å²) < 4.78 is 6.87. The third-order valence-corrected chi connectivity index (χ3v) is 3.42. The molecule has 0 aliphatic carbocycles. The van der Waals surface area contributed by atoms with E-state index in [0.29, 0.717) is 6.61 Å². The fraction of sp³-hybridized carbons (Fsp3) is 0.143. The predicted molar refractivity (Wildman–Crippen MR) is 79.7 cm³/mol. The molecule has 17 heavy (non-hydrogen) atoms. The lowest BCUT2D eigenvalue weighted by molar-refractivity contribution is 0.306. The van der Waals surface area contributed by atoms with Gasteiger partial charge in [-0.1, -0.05) is 29.8 Å². The number of hydrogen-bond acceptors (Lipinski definition) is 1. The molecule has 0 aliphatic heterocycles. The summed E-state index contributed by atoms with van der Waals surface area (Å²) in [7, 11) is 0. The van der Waals surface area contributed by atoms with E-state index in [1.54, 1.807) is 0 Å². The van der Waals surface area contributed by atoms with Crippen LogP contribution in [0.4, 0.5) is 0 Å². The quantitative estimate of drug-likeness (QED) is 0.714. The van der Waals surface area contributed by atoms with Gasteiger partial charge in [0, 0.05) is 14.2 Å². The van der Waals surface area contributed by atoms with E-state index < -0.39 is 0 Å². The molecule has 0 saturated carbocycles. The maximum atomic E-state index is 6.15. The molecule has 0 N–H and O–H groups in total. The summed E-state index contributed by atoms with van der Waals surface area (Å²) in [6.07, 6.45) is 0. The fourth-order valence-corrected chi connectivity index (χ4v) is 2.29. The van der Waals surface area contributed by atoms with Crippen molar-refractivity contribution in [3.05, 3.63) is 62.2 Å². The first-order valence-electron chi connectivity index (χ1n) is 5.28. The van der Waals surface area contributed by atoms with Crippen molar-refractivity contribution in [2.45, 2.75) is 13.5 Å². The zero-order chi connectivity index (χ0) is 12.3. The normalized spacial score (nSPS) is 10.3. The zero-order valence-corrected chi connectivity index (χ0v) is 12.3. The van der Waals surface area contributed by atoms with Crippen molar-refractivity contribution in [2.24, 2.45) is 0 Å².